The maximum absolute atomic E-state index is 5.89. The summed E-state index contributed by atoms with van der Waals surface area (Å²) < 4.78 is 33.6. The summed E-state index contributed by atoms with van der Waals surface area (Å²) in [5, 5.41) is 0. The zero-order valence-electron chi connectivity index (χ0n) is 13.8. The molecule has 5 atom stereocenters. The molecule has 0 bridgehead atoms. The van der Waals surface area contributed by atoms with E-state index >= 15 is 0 Å². The lowest BCUT2D eigenvalue weighted by Crippen LogP contribution is -2.46. The molecule has 128 valence electrons. The van der Waals surface area contributed by atoms with Crippen LogP contribution >= 0.6 is 0 Å². The molecular formula is C15H28O6Si. The highest BCUT2D eigenvalue weighted by atomic mass is 28.4. The van der Waals surface area contributed by atoms with Crippen molar-refractivity contribution in [2.45, 2.75) is 43.6 Å². The summed E-state index contributed by atoms with van der Waals surface area (Å²) >= 11 is 0. The van der Waals surface area contributed by atoms with Crippen molar-refractivity contribution in [3.8, 4) is 0 Å². The van der Waals surface area contributed by atoms with Gasteiger partial charge < -0.3 is 27.5 Å². The molecule has 2 saturated heterocycles. The molecule has 2 aliphatic heterocycles. The molecule has 0 amide bonds. The minimum atomic E-state index is -2.59. The van der Waals surface area contributed by atoms with Crippen LogP contribution in [0.1, 0.15) is 19.3 Å². The van der Waals surface area contributed by atoms with E-state index in [0.717, 1.165) is 19.1 Å². The minimum Gasteiger partial charge on any atom is -0.378 e. The lowest BCUT2D eigenvalue weighted by atomic mass is 9.81. The average molecular weight is 332 g/mol. The molecule has 7 heteroatoms. The normalized spacial score (nSPS) is 35.0. The van der Waals surface area contributed by atoms with Crippen LogP contribution in [0, 0.1) is 11.8 Å². The van der Waals surface area contributed by atoms with Crippen LogP contribution < -0.4 is 0 Å². The van der Waals surface area contributed by atoms with E-state index in [1.54, 1.807) is 21.3 Å². The van der Waals surface area contributed by atoms with E-state index in [2.05, 4.69) is 0 Å². The lowest BCUT2D eigenvalue weighted by Gasteiger charge is -2.34. The van der Waals surface area contributed by atoms with Crippen LogP contribution in [0.4, 0.5) is 0 Å². The smallest absolute Gasteiger partial charge is 0.378 e. The second kappa shape index (κ2) is 7.25. The predicted molar refractivity (Wildman–Crippen MR) is 81.6 cm³/mol. The Morgan fingerprint density at radius 2 is 1.82 bits per heavy atom. The van der Waals surface area contributed by atoms with E-state index in [4.69, 9.17) is 27.5 Å². The van der Waals surface area contributed by atoms with Gasteiger partial charge in [0.1, 0.15) is 6.10 Å². The molecular weight excluding hydrogens is 304 g/mol. The molecule has 1 saturated carbocycles. The number of rotatable bonds is 10. The van der Waals surface area contributed by atoms with Crippen molar-refractivity contribution in [3.05, 3.63) is 0 Å². The van der Waals surface area contributed by atoms with Crippen LogP contribution in [-0.4, -0.2) is 68.3 Å². The van der Waals surface area contributed by atoms with Crippen molar-refractivity contribution in [2.24, 2.45) is 11.8 Å². The van der Waals surface area contributed by atoms with Gasteiger partial charge in [-0.2, -0.15) is 0 Å². The Kier molecular flexibility index (Phi) is 5.54. The highest BCUT2D eigenvalue weighted by molar-refractivity contribution is 6.60. The second-order valence-electron chi connectivity index (χ2n) is 6.54. The molecule has 0 spiro atoms. The van der Waals surface area contributed by atoms with Crippen molar-refractivity contribution in [1.82, 2.24) is 0 Å². The van der Waals surface area contributed by atoms with E-state index in [1.165, 1.54) is 12.8 Å². The Labute approximate surface area is 133 Å². The highest BCUT2D eigenvalue weighted by Gasteiger charge is 2.49. The third-order valence-corrected chi connectivity index (χ3v) is 8.08. The first-order valence-electron chi connectivity index (χ1n) is 8.20. The summed E-state index contributed by atoms with van der Waals surface area (Å²) in [4.78, 5) is 0. The molecule has 0 aromatic rings. The summed E-state index contributed by atoms with van der Waals surface area (Å²) in [6.45, 7) is 2.23. The molecule has 5 unspecified atom stereocenters. The maximum Gasteiger partial charge on any atom is 0.500 e. The Morgan fingerprint density at radius 3 is 2.41 bits per heavy atom. The van der Waals surface area contributed by atoms with Gasteiger partial charge in [0.05, 0.1) is 25.4 Å². The molecule has 0 N–H and O–H groups in total. The molecule has 3 aliphatic rings. The molecule has 0 aromatic heterocycles. The Morgan fingerprint density at radius 1 is 1.09 bits per heavy atom. The van der Waals surface area contributed by atoms with Gasteiger partial charge in [-0.1, -0.05) is 0 Å². The van der Waals surface area contributed by atoms with Crippen LogP contribution in [0.5, 0.6) is 0 Å². The fourth-order valence-electron chi connectivity index (χ4n) is 3.56. The van der Waals surface area contributed by atoms with Crippen molar-refractivity contribution in [1.29, 1.82) is 0 Å². The number of epoxide rings is 2. The molecule has 1 aliphatic carbocycles. The maximum atomic E-state index is 5.89. The van der Waals surface area contributed by atoms with E-state index in [-0.39, 0.29) is 0 Å². The molecule has 3 fully saturated rings. The molecule has 0 aromatic carbocycles. The third-order valence-electron chi connectivity index (χ3n) is 5.19. The van der Waals surface area contributed by atoms with Crippen molar-refractivity contribution in [2.75, 3.05) is 41.2 Å². The van der Waals surface area contributed by atoms with Gasteiger partial charge in [0.25, 0.3) is 0 Å². The summed E-state index contributed by atoms with van der Waals surface area (Å²) in [5.41, 5.74) is 0. The van der Waals surface area contributed by atoms with Crippen molar-refractivity contribution in [3.63, 3.8) is 0 Å². The second-order valence-corrected chi connectivity index (χ2v) is 9.54. The monoisotopic (exact) mass is 332 g/mol. The SMILES string of the molecule is CO[Si](CC(COCC1CO1)C1CCC2OC2C1)(OC)OC. The fraction of sp³-hybridized carbons (Fsp3) is 1.00. The van der Waals surface area contributed by atoms with E-state index < -0.39 is 8.80 Å². The first kappa shape index (κ1) is 16.8. The summed E-state index contributed by atoms with van der Waals surface area (Å²) in [6.07, 6.45) is 4.77. The highest BCUT2D eigenvalue weighted by Crippen LogP contribution is 2.44. The fourth-order valence-corrected chi connectivity index (χ4v) is 5.65. The van der Waals surface area contributed by atoms with E-state index in [0.29, 0.717) is 43.4 Å². The first-order chi connectivity index (χ1) is 10.7. The van der Waals surface area contributed by atoms with Gasteiger partial charge in [0.15, 0.2) is 0 Å². The summed E-state index contributed by atoms with van der Waals surface area (Å²) in [6, 6.07) is 0.796. The largest absolute Gasteiger partial charge is 0.500 e. The Bertz CT molecular complexity index is 352. The van der Waals surface area contributed by atoms with Gasteiger partial charge >= 0.3 is 8.80 Å². The average Bonchev–Trinajstić information content (AvgIpc) is 3.45. The number of fused-ring (bicyclic) bond motifs is 1. The molecule has 22 heavy (non-hydrogen) atoms. The van der Waals surface area contributed by atoms with Crippen LogP contribution in [0.2, 0.25) is 6.04 Å². The Hall–Kier alpha value is -0.0231. The molecule has 0 radical (unpaired) electrons. The standard InChI is InChI=1S/C15H28O6Si/c1-16-22(17-2,18-3)10-12(7-19-8-13-9-20-13)11-4-5-14-15(6-11)21-14/h11-15H,4-10H2,1-3H3. The quantitative estimate of drug-likeness (QED) is 0.446. The molecule has 6 nitrogen and oxygen atoms in total. The number of ether oxygens (including phenoxy) is 3. The first-order valence-corrected chi connectivity index (χ1v) is 10.1. The molecule has 2 heterocycles. The van der Waals surface area contributed by atoms with Crippen LogP contribution in [0.15, 0.2) is 0 Å². The summed E-state index contributed by atoms with van der Waals surface area (Å²) in [5.74, 6) is 0.978. The lowest BCUT2D eigenvalue weighted by molar-refractivity contribution is 0.0504. The Balaban J connectivity index is 1.58. The minimum absolute atomic E-state index is 0.303. The summed E-state index contributed by atoms with van der Waals surface area (Å²) in [7, 11) is 2.44. The van der Waals surface area contributed by atoms with Gasteiger partial charge in [0, 0.05) is 34.0 Å². The van der Waals surface area contributed by atoms with Gasteiger partial charge in [-0.3, -0.25) is 0 Å². The van der Waals surface area contributed by atoms with Crippen molar-refractivity contribution < 1.29 is 27.5 Å². The van der Waals surface area contributed by atoms with Crippen molar-refractivity contribution >= 4 is 8.80 Å². The van der Waals surface area contributed by atoms with Gasteiger partial charge in [0.2, 0.25) is 0 Å². The predicted octanol–water partition coefficient (Wildman–Crippen LogP) is 1.46. The third kappa shape index (κ3) is 4.08. The van der Waals surface area contributed by atoms with Gasteiger partial charge in [-0.05, 0) is 31.1 Å². The number of hydrogen-bond acceptors (Lipinski definition) is 6. The topological polar surface area (TPSA) is 62.0 Å². The van der Waals surface area contributed by atoms with Crippen LogP contribution in [0.25, 0.3) is 0 Å². The van der Waals surface area contributed by atoms with Crippen LogP contribution in [0.3, 0.4) is 0 Å². The van der Waals surface area contributed by atoms with Gasteiger partial charge in [-0.15, -0.1) is 0 Å². The van der Waals surface area contributed by atoms with E-state index in [9.17, 15) is 0 Å². The zero-order chi connectivity index (χ0) is 15.6. The molecule has 3 rings (SSSR count). The van der Waals surface area contributed by atoms with Gasteiger partial charge in [-0.25, -0.2) is 0 Å². The number of hydrogen-bond donors (Lipinski definition) is 0. The van der Waals surface area contributed by atoms with Crippen LogP contribution in [-0.2, 0) is 27.5 Å². The zero-order valence-corrected chi connectivity index (χ0v) is 14.8. The van der Waals surface area contributed by atoms with E-state index in [1.807, 2.05) is 0 Å².